The fourth-order valence-corrected chi connectivity index (χ4v) is 2.65. The number of nitrogens with zero attached hydrogens (tertiary/aromatic N) is 3. The molecular formula is C15H19N3O3. The number of amides is 1. The SMILES string of the molecule is Cc1ccoc1C(=O)N1CCO[C@](C)(c2cnn(C)c2)C1. The van der Waals surface area contributed by atoms with Crippen LogP contribution in [-0.4, -0.2) is 40.3 Å². The molecule has 1 saturated heterocycles. The second kappa shape index (κ2) is 5.04. The van der Waals surface area contributed by atoms with Crippen LogP contribution in [0.3, 0.4) is 0 Å². The molecule has 2 aromatic heterocycles. The molecule has 0 bridgehead atoms. The lowest BCUT2D eigenvalue weighted by Gasteiger charge is -2.39. The van der Waals surface area contributed by atoms with Crippen LogP contribution < -0.4 is 0 Å². The van der Waals surface area contributed by atoms with Crippen LogP contribution >= 0.6 is 0 Å². The lowest BCUT2D eigenvalue weighted by molar-refractivity contribution is -0.0935. The Labute approximate surface area is 123 Å². The van der Waals surface area contributed by atoms with Gasteiger partial charge in [0.15, 0.2) is 5.76 Å². The summed E-state index contributed by atoms with van der Waals surface area (Å²) in [7, 11) is 1.87. The molecule has 0 aliphatic carbocycles. The quantitative estimate of drug-likeness (QED) is 0.844. The van der Waals surface area contributed by atoms with Crippen molar-refractivity contribution in [2.45, 2.75) is 19.4 Å². The van der Waals surface area contributed by atoms with E-state index < -0.39 is 5.60 Å². The van der Waals surface area contributed by atoms with Crippen LogP contribution in [0.5, 0.6) is 0 Å². The molecule has 0 spiro atoms. The van der Waals surface area contributed by atoms with Crippen LogP contribution in [0.25, 0.3) is 0 Å². The molecule has 0 N–H and O–H groups in total. The summed E-state index contributed by atoms with van der Waals surface area (Å²) < 4.78 is 13.0. The van der Waals surface area contributed by atoms with Gasteiger partial charge in [-0.2, -0.15) is 5.10 Å². The highest BCUT2D eigenvalue weighted by Crippen LogP contribution is 2.30. The number of carbonyl (C=O) groups excluding carboxylic acids is 1. The van der Waals surface area contributed by atoms with Gasteiger partial charge in [-0.3, -0.25) is 9.48 Å². The Bertz CT molecular complexity index is 661. The molecule has 0 saturated carbocycles. The van der Waals surface area contributed by atoms with E-state index in [2.05, 4.69) is 5.10 Å². The molecule has 3 rings (SSSR count). The van der Waals surface area contributed by atoms with Crippen LogP contribution in [-0.2, 0) is 17.4 Å². The Morgan fingerprint density at radius 1 is 1.48 bits per heavy atom. The molecule has 21 heavy (non-hydrogen) atoms. The molecule has 6 heteroatoms. The van der Waals surface area contributed by atoms with Gasteiger partial charge in [0.25, 0.3) is 5.91 Å². The first kappa shape index (κ1) is 13.9. The molecule has 6 nitrogen and oxygen atoms in total. The van der Waals surface area contributed by atoms with E-state index in [1.165, 1.54) is 0 Å². The predicted molar refractivity (Wildman–Crippen MR) is 75.9 cm³/mol. The van der Waals surface area contributed by atoms with Crippen molar-refractivity contribution >= 4 is 5.91 Å². The van der Waals surface area contributed by atoms with Gasteiger partial charge < -0.3 is 14.1 Å². The van der Waals surface area contributed by atoms with Gasteiger partial charge in [0.2, 0.25) is 0 Å². The van der Waals surface area contributed by atoms with Gasteiger partial charge in [-0.25, -0.2) is 0 Å². The van der Waals surface area contributed by atoms with Crippen LogP contribution in [0.2, 0.25) is 0 Å². The molecule has 2 aromatic rings. The van der Waals surface area contributed by atoms with E-state index in [1.54, 1.807) is 28.1 Å². The maximum atomic E-state index is 12.6. The second-order valence-electron chi connectivity index (χ2n) is 5.64. The third-order valence-corrected chi connectivity index (χ3v) is 3.93. The van der Waals surface area contributed by atoms with Crippen molar-refractivity contribution in [2.75, 3.05) is 19.7 Å². The van der Waals surface area contributed by atoms with Crippen molar-refractivity contribution in [3.05, 3.63) is 41.6 Å². The number of rotatable bonds is 2. The molecule has 1 fully saturated rings. The zero-order valence-corrected chi connectivity index (χ0v) is 12.5. The molecule has 1 aliphatic rings. The Morgan fingerprint density at radius 2 is 2.29 bits per heavy atom. The van der Waals surface area contributed by atoms with Gasteiger partial charge in [-0.05, 0) is 19.9 Å². The summed E-state index contributed by atoms with van der Waals surface area (Å²) in [5.74, 6) is 0.321. The molecule has 3 heterocycles. The van der Waals surface area contributed by atoms with E-state index in [4.69, 9.17) is 9.15 Å². The highest BCUT2D eigenvalue weighted by molar-refractivity contribution is 5.93. The van der Waals surface area contributed by atoms with Crippen molar-refractivity contribution in [3.63, 3.8) is 0 Å². The molecular weight excluding hydrogens is 270 g/mol. The molecule has 112 valence electrons. The number of ether oxygens (including phenoxy) is 1. The van der Waals surface area contributed by atoms with Gasteiger partial charge in [-0.15, -0.1) is 0 Å². The number of furan rings is 1. The minimum Gasteiger partial charge on any atom is -0.459 e. The fraction of sp³-hybridized carbons (Fsp3) is 0.467. The molecule has 1 aliphatic heterocycles. The summed E-state index contributed by atoms with van der Waals surface area (Å²) in [5, 5.41) is 4.19. The molecule has 1 amide bonds. The first-order valence-corrected chi connectivity index (χ1v) is 6.96. The van der Waals surface area contributed by atoms with Gasteiger partial charge in [0.05, 0.1) is 25.6 Å². The molecule has 1 atom stereocenters. The van der Waals surface area contributed by atoms with Crippen molar-refractivity contribution in [2.24, 2.45) is 7.05 Å². The van der Waals surface area contributed by atoms with Crippen LogP contribution in [0.15, 0.2) is 29.1 Å². The minimum absolute atomic E-state index is 0.0871. The maximum Gasteiger partial charge on any atom is 0.290 e. The monoisotopic (exact) mass is 289 g/mol. The lowest BCUT2D eigenvalue weighted by Crippen LogP contribution is -2.50. The Morgan fingerprint density at radius 3 is 2.90 bits per heavy atom. The smallest absolute Gasteiger partial charge is 0.290 e. The van der Waals surface area contributed by atoms with Gasteiger partial charge in [-0.1, -0.05) is 0 Å². The normalized spacial score (nSPS) is 22.5. The average Bonchev–Trinajstić information content (AvgIpc) is 3.07. The van der Waals surface area contributed by atoms with E-state index in [1.807, 2.05) is 27.1 Å². The number of aryl methyl sites for hydroxylation is 2. The van der Waals surface area contributed by atoms with Crippen LogP contribution in [0.4, 0.5) is 0 Å². The number of aromatic nitrogens is 2. The number of morpholine rings is 1. The molecule has 0 unspecified atom stereocenters. The van der Waals surface area contributed by atoms with Crippen molar-refractivity contribution < 1.29 is 13.9 Å². The van der Waals surface area contributed by atoms with E-state index in [0.29, 0.717) is 25.5 Å². The van der Waals surface area contributed by atoms with Crippen molar-refractivity contribution in [1.29, 1.82) is 0 Å². The summed E-state index contributed by atoms with van der Waals surface area (Å²) in [5.41, 5.74) is 1.29. The van der Waals surface area contributed by atoms with E-state index in [9.17, 15) is 4.79 Å². The molecule has 0 aromatic carbocycles. The van der Waals surface area contributed by atoms with E-state index in [0.717, 1.165) is 11.1 Å². The average molecular weight is 289 g/mol. The third-order valence-electron chi connectivity index (χ3n) is 3.93. The summed E-state index contributed by atoms with van der Waals surface area (Å²) in [6.45, 7) is 5.40. The van der Waals surface area contributed by atoms with Gasteiger partial charge >= 0.3 is 0 Å². The number of hydrogen-bond donors (Lipinski definition) is 0. The highest BCUT2D eigenvalue weighted by Gasteiger charge is 2.37. The summed E-state index contributed by atoms with van der Waals surface area (Å²) >= 11 is 0. The highest BCUT2D eigenvalue weighted by atomic mass is 16.5. The van der Waals surface area contributed by atoms with Crippen molar-refractivity contribution in [3.8, 4) is 0 Å². The lowest BCUT2D eigenvalue weighted by atomic mass is 9.96. The Balaban J connectivity index is 1.83. The third kappa shape index (κ3) is 2.47. The largest absolute Gasteiger partial charge is 0.459 e. The van der Waals surface area contributed by atoms with E-state index in [-0.39, 0.29) is 5.91 Å². The first-order chi connectivity index (χ1) is 9.99. The minimum atomic E-state index is -0.539. The van der Waals surface area contributed by atoms with Crippen LogP contribution in [0.1, 0.15) is 28.6 Å². The van der Waals surface area contributed by atoms with Crippen molar-refractivity contribution in [1.82, 2.24) is 14.7 Å². The zero-order valence-electron chi connectivity index (χ0n) is 12.5. The number of hydrogen-bond acceptors (Lipinski definition) is 4. The fourth-order valence-electron chi connectivity index (χ4n) is 2.65. The maximum absolute atomic E-state index is 12.6. The zero-order chi connectivity index (χ0) is 15.0. The standard InChI is InChI=1S/C15H19N3O3/c1-11-4-6-20-13(11)14(19)18-5-7-21-15(2,10-18)12-8-16-17(3)9-12/h4,6,8-9H,5,7,10H2,1-3H3/t15-/m0/s1. The summed E-state index contributed by atoms with van der Waals surface area (Å²) in [6.07, 6.45) is 5.25. The first-order valence-electron chi connectivity index (χ1n) is 6.96. The van der Waals surface area contributed by atoms with Crippen LogP contribution in [0, 0.1) is 6.92 Å². The predicted octanol–water partition coefficient (Wildman–Crippen LogP) is 1.71. The molecule has 0 radical (unpaired) electrons. The van der Waals surface area contributed by atoms with Gasteiger partial charge in [0, 0.05) is 30.9 Å². The summed E-state index contributed by atoms with van der Waals surface area (Å²) in [4.78, 5) is 14.3. The number of carbonyl (C=O) groups is 1. The second-order valence-corrected chi connectivity index (χ2v) is 5.64. The Hall–Kier alpha value is -2.08. The summed E-state index contributed by atoms with van der Waals surface area (Å²) in [6, 6.07) is 1.80. The Kier molecular flexibility index (Phi) is 3.33. The topological polar surface area (TPSA) is 60.5 Å². The van der Waals surface area contributed by atoms with E-state index >= 15 is 0 Å². The van der Waals surface area contributed by atoms with Gasteiger partial charge in [0.1, 0.15) is 5.60 Å².